The third-order valence-corrected chi connectivity index (χ3v) is 3.69. The lowest BCUT2D eigenvalue weighted by Crippen LogP contribution is -2.23. The van der Waals surface area contributed by atoms with E-state index in [4.69, 9.17) is 9.47 Å². The lowest BCUT2D eigenvalue weighted by Gasteiger charge is -2.21. The third-order valence-electron chi connectivity index (χ3n) is 2.71. The van der Waals surface area contributed by atoms with Crippen molar-refractivity contribution in [2.24, 2.45) is 5.92 Å². The highest BCUT2D eigenvalue weighted by Gasteiger charge is 2.15. The normalized spacial score (nSPS) is 21.6. The topological polar surface area (TPSA) is 31.4 Å². The molecule has 1 aromatic rings. The third kappa shape index (κ3) is 2.92. The zero-order valence-corrected chi connectivity index (χ0v) is 10.1. The molecule has 0 amide bonds. The summed E-state index contributed by atoms with van der Waals surface area (Å²) in [6.07, 6.45) is 2.37. The van der Waals surface area contributed by atoms with E-state index in [-0.39, 0.29) is 0 Å². The van der Waals surface area contributed by atoms with Crippen molar-refractivity contribution >= 4 is 11.3 Å². The standard InChI is InChI=1S/C11H17NO2S/c1-8-9(2)15-11(12-8)14-7-10-4-3-5-13-6-10/h10H,3-7H2,1-2H3. The molecule has 0 saturated carbocycles. The van der Waals surface area contributed by atoms with E-state index in [1.165, 1.54) is 11.3 Å². The lowest BCUT2D eigenvalue weighted by atomic mass is 10.0. The second-order valence-corrected chi connectivity index (χ2v) is 5.18. The Kier molecular flexibility index (Phi) is 3.59. The summed E-state index contributed by atoms with van der Waals surface area (Å²) in [6, 6.07) is 0. The van der Waals surface area contributed by atoms with Crippen molar-refractivity contribution in [2.75, 3.05) is 19.8 Å². The molecule has 84 valence electrons. The molecule has 3 nitrogen and oxygen atoms in total. The van der Waals surface area contributed by atoms with Crippen LogP contribution in [0.2, 0.25) is 0 Å². The summed E-state index contributed by atoms with van der Waals surface area (Å²) in [4.78, 5) is 5.59. The van der Waals surface area contributed by atoms with Crippen LogP contribution < -0.4 is 4.74 Å². The summed E-state index contributed by atoms with van der Waals surface area (Å²) >= 11 is 1.63. The van der Waals surface area contributed by atoms with Crippen molar-refractivity contribution in [2.45, 2.75) is 26.7 Å². The number of aryl methyl sites for hydroxylation is 2. The van der Waals surface area contributed by atoms with E-state index in [0.29, 0.717) is 5.92 Å². The molecule has 2 rings (SSSR count). The van der Waals surface area contributed by atoms with Crippen molar-refractivity contribution < 1.29 is 9.47 Å². The Bertz CT molecular complexity index is 299. The molecule has 1 unspecified atom stereocenters. The van der Waals surface area contributed by atoms with Crippen molar-refractivity contribution in [1.29, 1.82) is 0 Å². The second kappa shape index (κ2) is 4.94. The summed E-state index contributed by atoms with van der Waals surface area (Å²) in [7, 11) is 0. The summed E-state index contributed by atoms with van der Waals surface area (Å²) in [5, 5.41) is 0.801. The molecule has 1 aromatic heterocycles. The van der Waals surface area contributed by atoms with Gasteiger partial charge >= 0.3 is 0 Å². The first-order chi connectivity index (χ1) is 7.25. The van der Waals surface area contributed by atoms with E-state index in [1.807, 2.05) is 6.92 Å². The summed E-state index contributed by atoms with van der Waals surface area (Å²) in [5.41, 5.74) is 1.08. The molecule has 4 heteroatoms. The molecule has 0 bridgehead atoms. The Labute approximate surface area is 94.4 Å². The quantitative estimate of drug-likeness (QED) is 0.795. The van der Waals surface area contributed by atoms with Crippen molar-refractivity contribution in [3.63, 3.8) is 0 Å². The predicted molar refractivity (Wildman–Crippen MR) is 60.6 cm³/mol. The van der Waals surface area contributed by atoms with Crippen LogP contribution in [-0.4, -0.2) is 24.8 Å². The van der Waals surface area contributed by atoms with Gasteiger partial charge in [-0.1, -0.05) is 11.3 Å². The van der Waals surface area contributed by atoms with Gasteiger partial charge in [-0.2, -0.15) is 0 Å². The van der Waals surface area contributed by atoms with Gasteiger partial charge in [0.1, 0.15) is 0 Å². The highest BCUT2D eigenvalue weighted by atomic mass is 32.1. The monoisotopic (exact) mass is 227 g/mol. The van der Waals surface area contributed by atoms with Crippen LogP contribution in [0.4, 0.5) is 0 Å². The van der Waals surface area contributed by atoms with Gasteiger partial charge in [-0.05, 0) is 26.7 Å². The average molecular weight is 227 g/mol. The maximum absolute atomic E-state index is 5.67. The van der Waals surface area contributed by atoms with Gasteiger partial charge < -0.3 is 9.47 Å². The number of ether oxygens (including phenoxy) is 2. The molecule has 1 fully saturated rings. The van der Waals surface area contributed by atoms with Crippen LogP contribution in [-0.2, 0) is 4.74 Å². The van der Waals surface area contributed by atoms with E-state index in [9.17, 15) is 0 Å². The highest BCUT2D eigenvalue weighted by molar-refractivity contribution is 7.13. The zero-order chi connectivity index (χ0) is 10.7. The summed E-state index contributed by atoms with van der Waals surface area (Å²) < 4.78 is 11.1. The number of thiazole rings is 1. The maximum Gasteiger partial charge on any atom is 0.273 e. The van der Waals surface area contributed by atoms with Gasteiger partial charge in [-0.3, -0.25) is 0 Å². The lowest BCUT2D eigenvalue weighted by molar-refractivity contribution is 0.0351. The minimum atomic E-state index is 0.545. The van der Waals surface area contributed by atoms with Gasteiger partial charge in [0.2, 0.25) is 0 Å². The first kappa shape index (κ1) is 10.9. The van der Waals surface area contributed by atoms with Crippen LogP contribution in [0, 0.1) is 19.8 Å². The molecule has 2 heterocycles. The highest BCUT2D eigenvalue weighted by Crippen LogP contribution is 2.24. The SMILES string of the molecule is Cc1nc(OCC2CCCOC2)sc1C. The van der Waals surface area contributed by atoms with Gasteiger partial charge in [0.05, 0.1) is 18.9 Å². The molecule has 1 aliphatic rings. The zero-order valence-electron chi connectivity index (χ0n) is 9.28. The van der Waals surface area contributed by atoms with E-state index < -0.39 is 0 Å². The fraction of sp³-hybridized carbons (Fsp3) is 0.727. The number of hydrogen-bond acceptors (Lipinski definition) is 4. The fourth-order valence-corrected chi connectivity index (χ4v) is 2.40. The summed E-state index contributed by atoms with van der Waals surface area (Å²) in [5.74, 6) is 0.545. The Morgan fingerprint density at radius 2 is 2.40 bits per heavy atom. The van der Waals surface area contributed by atoms with Crippen LogP contribution >= 0.6 is 11.3 Å². The van der Waals surface area contributed by atoms with E-state index >= 15 is 0 Å². The van der Waals surface area contributed by atoms with E-state index in [2.05, 4.69) is 11.9 Å². The van der Waals surface area contributed by atoms with Crippen molar-refractivity contribution in [1.82, 2.24) is 4.98 Å². The van der Waals surface area contributed by atoms with E-state index in [1.54, 1.807) is 11.3 Å². The fourth-order valence-electron chi connectivity index (χ4n) is 1.63. The average Bonchev–Trinajstić information content (AvgIpc) is 2.57. The molecule has 1 aliphatic heterocycles. The number of rotatable bonds is 3. The van der Waals surface area contributed by atoms with Crippen LogP contribution in [0.1, 0.15) is 23.4 Å². The molecular formula is C11H17NO2S. The second-order valence-electron chi connectivity index (χ2n) is 4.02. The Morgan fingerprint density at radius 1 is 1.53 bits per heavy atom. The first-order valence-corrected chi connectivity index (χ1v) is 6.22. The molecule has 0 radical (unpaired) electrons. The smallest absolute Gasteiger partial charge is 0.273 e. The number of aromatic nitrogens is 1. The molecule has 0 aromatic carbocycles. The Balaban J connectivity index is 1.81. The van der Waals surface area contributed by atoms with Crippen molar-refractivity contribution in [3.05, 3.63) is 10.6 Å². The first-order valence-electron chi connectivity index (χ1n) is 5.40. The Hall–Kier alpha value is -0.610. The largest absolute Gasteiger partial charge is 0.470 e. The molecule has 15 heavy (non-hydrogen) atoms. The minimum Gasteiger partial charge on any atom is -0.470 e. The summed E-state index contributed by atoms with van der Waals surface area (Å²) in [6.45, 7) is 6.58. The Morgan fingerprint density at radius 3 is 3.00 bits per heavy atom. The van der Waals surface area contributed by atoms with Crippen LogP contribution in [0.5, 0.6) is 5.19 Å². The minimum absolute atomic E-state index is 0.545. The maximum atomic E-state index is 5.67. The molecular weight excluding hydrogens is 210 g/mol. The van der Waals surface area contributed by atoms with Crippen molar-refractivity contribution in [3.8, 4) is 5.19 Å². The van der Waals surface area contributed by atoms with Gasteiger partial charge in [0.25, 0.3) is 5.19 Å². The van der Waals surface area contributed by atoms with Gasteiger partial charge in [-0.25, -0.2) is 4.98 Å². The van der Waals surface area contributed by atoms with Crippen LogP contribution in [0.3, 0.4) is 0 Å². The van der Waals surface area contributed by atoms with Gasteiger partial charge in [0.15, 0.2) is 0 Å². The number of nitrogens with zero attached hydrogens (tertiary/aromatic N) is 1. The van der Waals surface area contributed by atoms with Gasteiger partial charge in [-0.15, -0.1) is 0 Å². The molecule has 1 atom stereocenters. The molecule has 1 saturated heterocycles. The molecule has 0 aliphatic carbocycles. The number of hydrogen-bond donors (Lipinski definition) is 0. The van der Waals surface area contributed by atoms with Crippen LogP contribution in [0.15, 0.2) is 0 Å². The predicted octanol–water partition coefficient (Wildman–Crippen LogP) is 2.57. The van der Waals surface area contributed by atoms with Crippen LogP contribution in [0.25, 0.3) is 0 Å². The molecule has 0 N–H and O–H groups in total. The van der Waals surface area contributed by atoms with E-state index in [0.717, 1.165) is 37.1 Å². The molecule has 0 spiro atoms. The van der Waals surface area contributed by atoms with Gasteiger partial charge in [0, 0.05) is 17.4 Å².